The Hall–Kier alpha value is -0.930. The first-order chi connectivity index (χ1) is 7.08. The number of hydrogen-bond donors (Lipinski definition) is 1. The van der Waals surface area contributed by atoms with Crippen LogP contribution < -0.4 is 4.74 Å². The van der Waals surface area contributed by atoms with Gasteiger partial charge >= 0.3 is 5.97 Å². The molecule has 0 saturated carbocycles. The molecule has 0 aromatic heterocycles. The summed E-state index contributed by atoms with van der Waals surface area (Å²) in [6, 6.07) is 3.30. The summed E-state index contributed by atoms with van der Waals surface area (Å²) in [5, 5.41) is 9.65. The lowest BCUT2D eigenvalue weighted by molar-refractivity contribution is -0.137. The standard InChI is InChI=1S/C10H8Cl2O3/c11-6-2-7-5(1-9(13)14)4-15-10(7)8(12)3-6/h2-3,5H,1,4H2,(H,13,14). The summed E-state index contributed by atoms with van der Waals surface area (Å²) in [7, 11) is 0. The molecule has 80 valence electrons. The van der Waals surface area contributed by atoms with E-state index < -0.39 is 5.97 Å². The SMILES string of the molecule is O=C(O)CC1COc2c(Cl)cc(Cl)cc21. The molecule has 0 bridgehead atoms. The zero-order chi connectivity index (χ0) is 11.0. The smallest absolute Gasteiger partial charge is 0.304 e. The molecule has 0 fully saturated rings. The molecule has 0 amide bonds. The van der Waals surface area contributed by atoms with E-state index in [1.807, 2.05) is 0 Å². The number of halogens is 2. The number of carbonyl (C=O) groups is 1. The van der Waals surface area contributed by atoms with E-state index in [2.05, 4.69) is 0 Å². The van der Waals surface area contributed by atoms with Crippen molar-refractivity contribution in [2.75, 3.05) is 6.61 Å². The Kier molecular flexibility index (Phi) is 2.76. The molecule has 1 aromatic carbocycles. The highest BCUT2D eigenvalue weighted by Crippen LogP contribution is 2.42. The number of hydrogen-bond acceptors (Lipinski definition) is 2. The molecule has 2 rings (SSSR count). The van der Waals surface area contributed by atoms with Crippen LogP contribution in [0.1, 0.15) is 17.9 Å². The van der Waals surface area contributed by atoms with Crippen molar-refractivity contribution in [3.8, 4) is 5.75 Å². The van der Waals surface area contributed by atoms with E-state index in [1.54, 1.807) is 12.1 Å². The van der Waals surface area contributed by atoms with E-state index in [9.17, 15) is 4.79 Å². The van der Waals surface area contributed by atoms with Crippen LogP contribution in [0.4, 0.5) is 0 Å². The van der Waals surface area contributed by atoms with Crippen molar-refractivity contribution in [2.24, 2.45) is 0 Å². The van der Waals surface area contributed by atoms with Crippen LogP contribution in [-0.4, -0.2) is 17.7 Å². The van der Waals surface area contributed by atoms with Crippen LogP contribution in [0.15, 0.2) is 12.1 Å². The fourth-order valence-corrected chi connectivity index (χ4v) is 2.25. The molecule has 0 aliphatic carbocycles. The van der Waals surface area contributed by atoms with Crippen molar-refractivity contribution in [2.45, 2.75) is 12.3 Å². The molecule has 15 heavy (non-hydrogen) atoms. The fourth-order valence-electron chi connectivity index (χ4n) is 1.69. The number of ether oxygens (including phenoxy) is 1. The van der Waals surface area contributed by atoms with E-state index in [4.69, 9.17) is 33.0 Å². The molecule has 3 nitrogen and oxygen atoms in total. The Labute approximate surface area is 96.6 Å². The van der Waals surface area contributed by atoms with Crippen LogP contribution in [0.5, 0.6) is 5.75 Å². The molecule has 1 aromatic rings. The second-order valence-electron chi connectivity index (χ2n) is 3.41. The number of rotatable bonds is 2. The Morgan fingerprint density at radius 3 is 2.93 bits per heavy atom. The number of aliphatic carboxylic acids is 1. The highest BCUT2D eigenvalue weighted by Gasteiger charge is 2.28. The van der Waals surface area contributed by atoms with Gasteiger partial charge in [-0.25, -0.2) is 0 Å². The van der Waals surface area contributed by atoms with Crippen LogP contribution in [0.3, 0.4) is 0 Å². The van der Waals surface area contributed by atoms with E-state index >= 15 is 0 Å². The average Bonchev–Trinajstić information content (AvgIpc) is 2.48. The molecule has 1 aliphatic heterocycles. The van der Waals surface area contributed by atoms with Crippen molar-refractivity contribution in [1.82, 2.24) is 0 Å². The van der Waals surface area contributed by atoms with Gasteiger partial charge in [0.25, 0.3) is 0 Å². The number of fused-ring (bicyclic) bond motifs is 1. The van der Waals surface area contributed by atoms with Gasteiger partial charge in [-0.3, -0.25) is 4.79 Å². The molecule has 1 N–H and O–H groups in total. The Balaban J connectivity index is 2.37. The molecule has 0 radical (unpaired) electrons. The zero-order valence-corrected chi connectivity index (χ0v) is 9.18. The Morgan fingerprint density at radius 2 is 2.27 bits per heavy atom. The summed E-state index contributed by atoms with van der Waals surface area (Å²) in [6.45, 7) is 0.349. The van der Waals surface area contributed by atoms with Crippen molar-refractivity contribution in [3.05, 3.63) is 27.7 Å². The average molecular weight is 247 g/mol. The molecular formula is C10H8Cl2O3. The first-order valence-electron chi connectivity index (χ1n) is 4.41. The maximum atomic E-state index is 10.6. The summed E-state index contributed by atoms with van der Waals surface area (Å²) in [5.41, 5.74) is 0.787. The van der Waals surface area contributed by atoms with E-state index in [1.165, 1.54) is 0 Å². The lowest BCUT2D eigenvalue weighted by atomic mass is 9.98. The summed E-state index contributed by atoms with van der Waals surface area (Å²) in [5.74, 6) is -0.450. The molecule has 1 aliphatic rings. The molecule has 1 unspecified atom stereocenters. The highest BCUT2D eigenvalue weighted by molar-refractivity contribution is 6.35. The van der Waals surface area contributed by atoms with Crippen molar-refractivity contribution < 1.29 is 14.6 Å². The number of carboxylic acids is 1. The van der Waals surface area contributed by atoms with Gasteiger partial charge < -0.3 is 9.84 Å². The minimum Gasteiger partial charge on any atom is -0.491 e. The molecule has 1 heterocycles. The summed E-state index contributed by atoms with van der Waals surface area (Å²) < 4.78 is 5.34. The summed E-state index contributed by atoms with van der Waals surface area (Å²) in [6.07, 6.45) is 0.0314. The monoisotopic (exact) mass is 246 g/mol. The third kappa shape index (κ3) is 2.03. The van der Waals surface area contributed by atoms with Crippen LogP contribution in [0, 0.1) is 0 Å². The first kappa shape index (κ1) is 10.6. The molecule has 5 heteroatoms. The van der Waals surface area contributed by atoms with E-state index in [-0.39, 0.29) is 12.3 Å². The van der Waals surface area contributed by atoms with E-state index in [0.29, 0.717) is 22.4 Å². The van der Waals surface area contributed by atoms with Gasteiger partial charge in [-0.1, -0.05) is 23.2 Å². The molecular weight excluding hydrogens is 239 g/mol. The van der Waals surface area contributed by atoms with Gasteiger partial charge in [-0.15, -0.1) is 0 Å². The van der Waals surface area contributed by atoms with Crippen molar-refractivity contribution in [1.29, 1.82) is 0 Å². The molecule has 0 saturated heterocycles. The summed E-state index contributed by atoms with van der Waals surface area (Å²) >= 11 is 11.8. The van der Waals surface area contributed by atoms with Crippen LogP contribution in [-0.2, 0) is 4.79 Å². The minimum absolute atomic E-state index is 0.0314. The minimum atomic E-state index is -0.854. The van der Waals surface area contributed by atoms with Crippen LogP contribution in [0.2, 0.25) is 10.0 Å². The molecule has 0 spiro atoms. The maximum Gasteiger partial charge on any atom is 0.304 e. The van der Waals surface area contributed by atoms with Gasteiger partial charge in [-0.2, -0.15) is 0 Å². The van der Waals surface area contributed by atoms with Gasteiger partial charge in [0.2, 0.25) is 0 Å². The topological polar surface area (TPSA) is 46.5 Å². The predicted molar refractivity (Wildman–Crippen MR) is 57.0 cm³/mol. The van der Waals surface area contributed by atoms with Crippen LogP contribution in [0.25, 0.3) is 0 Å². The second-order valence-corrected chi connectivity index (χ2v) is 4.26. The van der Waals surface area contributed by atoms with Crippen LogP contribution >= 0.6 is 23.2 Å². The third-order valence-corrected chi connectivity index (χ3v) is 2.83. The highest BCUT2D eigenvalue weighted by atomic mass is 35.5. The van der Waals surface area contributed by atoms with Gasteiger partial charge in [0.1, 0.15) is 5.75 Å². The lowest BCUT2D eigenvalue weighted by Gasteiger charge is -2.05. The van der Waals surface area contributed by atoms with Gasteiger partial charge in [0, 0.05) is 16.5 Å². The largest absolute Gasteiger partial charge is 0.491 e. The zero-order valence-electron chi connectivity index (χ0n) is 7.67. The van der Waals surface area contributed by atoms with Gasteiger partial charge in [0.15, 0.2) is 0 Å². The fraction of sp³-hybridized carbons (Fsp3) is 0.300. The first-order valence-corrected chi connectivity index (χ1v) is 5.17. The Bertz CT molecular complexity index is 417. The van der Waals surface area contributed by atoms with Gasteiger partial charge in [-0.05, 0) is 12.1 Å². The molecule has 1 atom stereocenters. The normalized spacial score (nSPS) is 18.4. The van der Waals surface area contributed by atoms with Crippen molar-refractivity contribution in [3.63, 3.8) is 0 Å². The quantitative estimate of drug-likeness (QED) is 0.873. The maximum absolute atomic E-state index is 10.6. The predicted octanol–water partition coefficient (Wildman–Crippen LogP) is 2.94. The second kappa shape index (κ2) is 3.91. The van der Waals surface area contributed by atoms with Crippen molar-refractivity contribution >= 4 is 29.2 Å². The lowest BCUT2D eigenvalue weighted by Crippen LogP contribution is -2.07. The number of carboxylic acid groups (broad SMARTS) is 1. The third-order valence-electron chi connectivity index (χ3n) is 2.33. The van der Waals surface area contributed by atoms with E-state index in [0.717, 1.165) is 5.56 Å². The van der Waals surface area contributed by atoms with Gasteiger partial charge in [0.05, 0.1) is 18.1 Å². The Morgan fingerprint density at radius 1 is 1.53 bits per heavy atom. The summed E-state index contributed by atoms with van der Waals surface area (Å²) in [4.78, 5) is 10.6. The number of benzene rings is 1.